The summed E-state index contributed by atoms with van der Waals surface area (Å²) in [5.74, 6) is 0.414. The maximum atomic E-state index is 12.7. The molecule has 1 fully saturated rings. The minimum absolute atomic E-state index is 0.140. The van der Waals surface area contributed by atoms with E-state index in [-0.39, 0.29) is 11.3 Å². The van der Waals surface area contributed by atoms with Crippen molar-refractivity contribution in [1.82, 2.24) is 20.1 Å². The van der Waals surface area contributed by atoms with Crippen LogP contribution in [0.2, 0.25) is 0 Å². The topological polar surface area (TPSA) is 71.8 Å². The average Bonchev–Trinajstić information content (AvgIpc) is 3.14. The van der Waals surface area contributed by atoms with E-state index < -0.39 is 0 Å². The van der Waals surface area contributed by atoms with E-state index in [1.165, 1.54) is 4.88 Å². The van der Waals surface area contributed by atoms with Gasteiger partial charge in [-0.2, -0.15) is 5.10 Å². The summed E-state index contributed by atoms with van der Waals surface area (Å²) >= 11 is 1.58. The van der Waals surface area contributed by atoms with E-state index in [1.54, 1.807) is 22.2 Å². The van der Waals surface area contributed by atoms with Crippen molar-refractivity contribution < 1.29 is 4.79 Å². The average molecular weight is 347 g/mol. The minimum atomic E-state index is -0.183. The van der Waals surface area contributed by atoms with Crippen LogP contribution in [-0.4, -0.2) is 33.8 Å². The first-order valence-electron chi connectivity index (χ1n) is 8.36. The molecule has 0 spiro atoms. The smallest absolute Gasteiger partial charge is 0.260 e. The molecule has 0 saturated carbocycles. The second kappa shape index (κ2) is 6.64. The Morgan fingerprint density at radius 1 is 1.38 bits per heavy atom. The molecule has 1 saturated heterocycles. The number of carbonyl (C=O) groups excluding carboxylic acids is 1. The SMILES string of the molecule is Cn1cc(C(=O)Nc2ncc(C3CCNCC3)s2)c(C(C)(C)C)n1. The summed E-state index contributed by atoms with van der Waals surface area (Å²) in [6, 6.07) is 0. The van der Waals surface area contributed by atoms with Gasteiger partial charge in [-0.25, -0.2) is 4.98 Å². The molecule has 3 rings (SSSR count). The molecule has 0 radical (unpaired) electrons. The zero-order chi connectivity index (χ0) is 17.3. The molecule has 6 nitrogen and oxygen atoms in total. The standard InChI is InChI=1S/C17H25N5OS/c1-17(2,3)14-12(10-22(4)21-14)15(23)20-16-19-9-13(24-16)11-5-7-18-8-6-11/h9-11,18H,5-8H2,1-4H3,(H,19,20,23). The van der Waals surface area contributed by atoms with Gasteiger partial charge in [0.25, 0.3) is 5.91 Å². The van der Waals surface area contributed by atoms with E-state index in [9.17, 15) is 4.79 Å². The minimum Gasteiger partial charge on any atom is -0.317 e. The molecule has 0 atom stereocenters. The van der Waals surface area contributed by atoms with Crippen LogP contribution in [0, 0.1) is 0 Å². The third-order valence-electron chi connectivity index (χ3n) is 4.27. The molecule has 0 bridgehead atoms. The van der Waals surface area contributed by atoms with Crippen LogP contribution < -0.4 is 10.6 Å². The fraction of sp³-hybridized carbons (Fsp3) is 0.588. The number of aryl methyl sites for hydroxylation is 1. The van der Waals surface area contributed by atoms with Crippen molar-refractivity contribution in [1.29, 1.82) is 0 Å². The van der Waals surface area contributed by atoms with E-state index in [4.69, 9.17) is 0 Å². The zero-order valence-corrected chi connectivity index (χ0v) is 15.5. The molecule has 1 aliphatic heterocycles. The lowest BCUT2D eigenvalue weighted by Crippen LogP contribution is -2.26. The summed E-state index contributed by atoms with van der Waals surface area (Å²) in [6.07, 6.45) is 5.94. The van der Waals surface area contributed by atoms with Crippen LogP contribution in [0.5, 0.6) is 0 Å². The maximum Gasteiger partial charge on any atom is 0.260 e. The maximum absolute atomic E-state index is 12.7. The normalized spacial score (nSPS) is 16.3. The number of thiazole rings is 1. The Balaban J connectivity index is 1.75. The van der Waals surface area contributed by atoms with Crippen molar-refractivity contribution in [3.05, 3.63) is 28.5 Å². The molecule has 3 heterocycles. The number of hydrogen-bond donors (Lipinski definition) is 2. The Bertz CT molecular complexity index is 722. The number of amides is 1. The third kappa shape index (κ3) is 3.67. The number of carbonyl (C=O) groups is 1. The Morgan fingerprint density at radius 3 is 2.75 bits per heavy atom. The van der Waals surface area contributed by atoms with Crippen LogP contribution >= 0.6 is 11.3 Å². The molecule has 2 N–H and O–H groups in total. The van der Waals surface area contributed by atoms with Gasteiger partial charge in [-0.1, -0.05) is 20.8 Å². The molecule has 2 aromatic rings. The number of aromatic nitrogens is 3. The van der Waals surface area contributed by atoms with Gasteiger partial charge in [0, 0.05) is 29.7 Å². The van der Waals surface area contributed by atoms with Crippen molar-refractivity contribution in [2.75, 3.05) is 18.4 Å². The number of nitrogens with one attached hydrogen (secondary N) is 2. The van der Waals surface area contributed by atoms with Gasteiger partial charge in [-0.15, -0.1) is 11.3 Å². The predicted molar refractivity (Wildman–Crippen MR) is 96.8 cm³/mol. The van der Waals surface area contributed by atoms with Crippen molar-refractivity contribution in [2.24, 2.45) is 7.05 Å². The molecule has 2 aromatic heterocycles. The van der Waals surface area contributed by atoms with Gasteiger partial charge in [-0.3, -0.25) is 14.8 Å². The first-order valence-corrected chi connectivity index (χ1v) is 9.18. The lowest BCUT2D eigenvalue weighted by Gasteiger charge is -2.20. The lowest BCUT2D eigenvalue weighted by molar-refractivity contribution is 0.102. The van der Waals surface area contributed by atoms with Crippen molar-refractivity contribution >= 4 is 22.4 Å². The van der Waals surface area contributed by atoms with Crippen LogP contribution in [0.15, 0.2) is 12.4 Å². The second-order valence-electron chi connectivity index (χ2n) is 7.36. The molecule has 0 aromatic carbocycles. The Morgan fingerprint density at radius 2 is 2.08 bits per heavy atom. The molecular formula is C17H25N5OS. The van der Waals surface area contributed by atoms with E-state index in [2.05, 4.69) is 41.5 Å². The van der Waals surface area contributed by atoms with Gasteiger partial charge in [0.2, 0.25) is 0 Å². The summed E-state index contributed by atoms with van der Waals surface area (Å²) in [5, 5.41) is 11.4. The highest BCUT2D eigenvalue weighted by Crippen LogP contribution is 2.32. The number of anilines is 1. The van der Waals surface area contributed by atoms with Crippen LogP contribution in [0.25, 0.3) is 0 Å². The first kappa shape index (κ1) is 17.1. The fourth-order valence-electron chi connectivity index (χ4n) is 3.01. The van der Waals surface area contributed by atoms with E-state index in [0.717, 1.165) is 31.6 Å². The Labute approximate surface area is 146 Å². The summed E-state index contributed by atoms with van der Waals surface area (Å²) in [7, 11) is 1.84. The van der Waals surface area contributed by atoms with Gasteiger partial charge in [0.05, 0.1) is 11.3 Å². The lowest BCUT2D eigenvalue weighted by atomic mass is 9.89. The van der Waals surface area contributed by atoms with Crippen molar-refractivity contribution in [3.8, 4) is 0 Å². The fourth-order valence-corrected chi connectivity index (χ4v) is 3.99. The number of rotatable bonds is 3. The van der Waals surface area contributed by atoms with Gasteiger partial charge >= 0.3 is 0 Å². The molecular weight excluding hydrogens is 322 g/mol. The van der Waals surface area contributed by atoms with Crippen LogP contribution in [0.4, 0.5) is 5.13 Å². The van der Waals surface area contributed by atoms with E-state index in [0.29, 0.717) is 16.6 Å². The van der Waals surface area contributed by atoms with Gasteiger partial charge in [-0.05, 0) is 31.8 Å². The van der Waals surface area contributed by atoms with Gasteiger partial charge < -0.3 is 5.32 Å². The molecule has 0 aliphatic carbocycles. The highest BCUT2D eigenvalue weighted by Gasteiger charge is 2.26. The summed E-state index contributed by atoms with van der Waals surface area (Å²) in [5.41, 5.74) is 1.23. The first-order chi connectivity index (χ1) is 11.3. The quantitative estimate of drug-likeness (QED) is 0.895. The summed E-state index contributed by atoms with van der Waals surface area (Å²) in [4.78, 5) is 18.3. The Hall–Kier alpha value is -1.73. The number of nitrogens with zero attached hydrogens (tertiary/aromatic N) is 3. The molecule has 7 heteroatoms. The second-order valence-corrected chi connectivity index (χ2v) is 8.42. The summed E-state index contributed by atoms with van der Waals surface area (Å²) < 4.78 is 1.69. The number of hydrogen-bond acceptors (Lipinski definition) is 5. The highest BCUT2D eigenvalue weighted by atomic mass is 32.1. The van der Waals surface area contributed by atoms with E-state index >= 15 is 0 Å². The van der Waals surface area contributed by atoms with Gasteiger partial charge in [0.1, 0.15) is 0 Å². The molecule has 24 heavy (non-hydrogen) atoms. The molecule has 1 aliphatic rings. The summed E-state index contributed by atoms with van der Waals surface area (Å²) in [6.45, 7) is 8.28. The third-order valence-corrected chi connectivity index (χ3v) is 5.34. The zero-order valence-electron chi connectivity index (χ0n) is 14.7. The van der Waals surface area contributed by atoms with Crippen LogP contribution in [0.3, 0.4) is 0 Å². The van der Waals surface area contributed by atoms with Crippen molar-refractivity contribution in [3.63, 3.8) is 0 Å². The molecule has 130 valence electrons. The molecule has 0 unspecified atom stereocenters. The van der Waals surface area contributed by atoms with E-state index in [1.807, 2.05) is 13.2 Å². The highest BCUT2D eigenvalue weighted by molar-refractivity contribution is 7.15. The molecule has 1 amide bonds. The number of piperidine rings is 1. The van der Waals surface area contributed by atoms with Gasteiger partial charge in [0.15, 0.2) is 5.13 Å². The largest absolute Gasteiger partial charge is 0.317 e. The monoisotopic (exact) mass is 347 g/mol. The van der Waals surface area contributed by atoms with Crippen LogP contribution in [-0.2, 0) is 12.5 Å². The van der Waals surface area contributed by atoms with Crippen molar-refractivity contribution in [2.45, 2.75) is 44.9 Å². The Kier molecular flexibility index (Phi) is 4.73. The predicted octanol–water partition coefficient (Wildman–Crippen LogP) is 2.89. The van der Waals surface area contributed by atoms with Crippen LogP contribution in [0.1, 0.15) is 60.5 Å².